The molecule has 100 valence electrons. The van der Waals surface area contributed by atoms with Crippen LogP contribution in [0.15, 0.2) is 12.4 Å². The van der Waals surface area contributed by atoms with Gasteiger partial charge in [0.25, 0.3) is 0 Å². The number of aliphatic carboxylic acids is 1. The van der Waals surface area contributed by atoms with E-state index in [1.54, 1.807) is 4.90 Å². The van der Waals surface area contributed by atoms with Crippen LogP contribution in [0, 0.1) is 0 Å². The summed E-state index contributed by atoms with van der Waals surface area (Å²) in [6.07, 6.45) is 3.38. The Kier molecular flexibility index (Phi) is 4.64. The van der Waals surface area contributed by atoms with Crippen molar-refractivity contribution in [2.24, 2.45) is 0 Å². The number of aryl methyl sites for hydroxylation is 1. The van der Waals surface area contributed by atoms with Crippen LogP contribution in [0.3, 0.4) is 0 Å². The van der Waals surface area contributed by atoms with Gasteiger partial charge < -0.3 is 10.0 Å². The summed E-state index contributed by atoms with van der Waals surface area (Å²) in [6.45, 7) is 7.93. The van der Waals surface area contributed by atoms with Gasteiger partial charge in [-0.15, -0.1) is 0 Å². The lowest BCUT2D eigenvalue weighted by molar-refractivity contribution is -0.135. The predicted molar refractivity (Wildman–Crippen MR) is 70.8 cm³/mol. The van der Waals surface area contributed by atoms with Crippen LogP contribution in [0.4, 0.5) is 5.82 Å². The summed E-state index contributed by atoms with van der Waals surface area (Å²) in [5.74, 6) is -0.191. The molecule has 0 radical (unpaired) electrons. The van der Waals surface area contributed by atoms with E-state index in [1.165, 1.54) is 6.33 Å². The van der Waals surface area contributed by atoms with Crippen LogP contribution in [0.2, 0.25) is 0 Å². The van der Waals surface area contributed by atoms with Crippen LogP contribution >= 0.6 is 0 Å². The van der Waals surface area contributed by atoms with Crippen LogP contribution in [-0.4, -0.2) is 33.1 Å². The zero-order valence-electron chi connectivity index (χ0n) is 11.5. The van der Waals surface area contributed by atoms with Crippen molar-refractivity contribution in [2.75, 3.05) is 11.4 Å². The number of carboxylic acid groups (broad SMARTS) is 1. The topological polar surface area (TPSA) is 66.3 Å². The Morgan fingerprint density at radius 2 is 2.06 bits per heavy atom. The van der Waals surface area contributed by atoms with Gasteiger partial charge in [-0.05, 0) is 27.2 Å². The lowest BCUT2D eigenvalue weighted by atomic mass is 10.1. The monoisotopic (exact) mass is 251 g/mol. The van der Waals surface area contributed by atoms with Crippen LogP contribution < -0.4 is 4.90 Å². The lowest BCUT2D eigenvalue weighted by Crippen LogP contribution is -2.45. The van der Waals surface area contributed by atoms with Crippen LogP contribution in [0.5, 0.6) is 0 Å². The SMILES string of the molecule is CCCc1cc(N(CC(=O)O)C(C)(C)C)ncn1. The minimum absolute atomic E-state index is 0.0634. The first-order valence-corrected chi connectivity index (χ1v) is 6.15. The maximum atomic E-state index is 11.0. The molecule has 0 aromatic carbocycles. The van der Waals surface area contributed by atoms with E-state index in [-0.39, 0.29) is 12.1 Å². The molecule has 0 unspecified atom stereocenters. The zero-order valence-corrected chi connectivity index (χ0v) is 11.5. The third-order valence-corrected chi connectivity index (χ3v) is 2.60. The fraction of sp³-hybridized carbons (Fsp3) is 0.615. The Balaban J connectivity index is 3.04. The molecule has 1 N–H and O–H groups in total. The molecular weight excluding hydrogens is 230 g/mol. The van der Waals surface area contributed by atoms with Crippen molar-refractivity contribution in [1.29, 1.82) is 0 Å². The second-order valence-electron chi connectivity index (χ2n) is 5.27. The minimum Gasteiger partial charge on any atom is -0.480 e. The highest BCUT2D eigenvalue weighted by molar-refractivity contribution is 5.73. The van der Waals surface area contributed by atoms with E-state index < -0.39 is 5.97 Å². The average Bonchev–Trinajstić information content (AvgIpc) is 2.25. The molecule has 0 saturated heterocycles. The fourth-order valence-corrected chi connectivity index (χ4v) is 1.72. The Bertz CT molecular complexity index is 413. The molecule has 1 heterocycles. The van der Waals surface area contributed by atoms with Gasteiger partial charge in [0.05, 0.1) is 0 Å². The third-order valence-electron chi connectivity index (χ3n) is 2.60. The molecule has 0 saturated carbocycles. The van der Waals surface area contributed by atoms with Crippen molar-refractivity contribution in [1.82, 2.24) is 9.97 Å². The number of rotatable bonds is 5. The molecular formula is C13H21N3O2. The first kappa shape index (κ1) is 14.4. The van der Waals surface area contributed by atoms with Crippen molar-refractivity contribution in [3.63, 3.8) is 0 Å². The molecule has 1 aromatic heterocycles. The standard InChI is InChI=1S/C13H21N3O2/c1-5-6-10-7-11(15-9-14-10)16(8-12(17)18)13(2,3)4/h7,9H,5-6,8H2,1-4H3,(H,17,18). The molecule has 0 aliphatic rings. The van der Waals surface area contributed by atoms with E-state index in [0.29, 0.717) is 5.82 Å². The fourth-order valence-electron chi connectivity index (χ4n) is 1.72. The summed E-state index contributed by atoms with van der Waals surface area (Å²) in [6, 6.07) is 1.87. The Morgan fingerprint density at radius 1 is 1.39 bits per heavy atom. The molecule has 18 heavy (non-hydrogen) atoms. The number of anilines is 1. The second-order valence-corrected chi connectivity index (χ2v) is 5.27. The highest BCUT2D eigenvalue weighted by Crippen LogP contribution is 2.21. The molecule has 0 bridgehead atoms. The summed E-state index contributed by atoms with van der Waals surface area (Å²) in [4.78, 5) is 21.1. The molecule has 5 heteroatoms. The number of carboxylic acids is 1. The highest BCUT2D eigenvalue weighted by atomic mass is 16.4. The molecule has 5 nitrogen and oxygen atoms in total. The normalized spacial score (nSPS) is 11.3. The predicted octanol–water partition coefficient (Wildman–Crippen LogP) is 2.12. The third kappa shape index (κ3) is 3.98. The number of nitrogens with zero attached hydrogens (tertiary/aromatic N) is 3. The molecule has 1 rings (SSSR count). The molecule has 0 aliphatic carbocycles. The maximum Gasteiger partial charge on any atom is 0.323 e. The lowest BCUT2D eigenvalue weighted by Gasteiger charge is -2.35. The minimum atomic E-state index is -0.861. The van der Waals surface area contributed by atoms with E-state index in [1.807, 2.05) is 26.8 Å². The van der Waals surface area contributed by atoms with Gasteiger partial charge in [-0.2, -0.15) is 0 Å². The molecule has 0 aliphatic heterocycles. The maximum absolute atomic E-state index is 11.0. The Morgan fingerprint density at radius 3 is 2.56 bits per heavy atom. The number of aromatic nitrogens is 2. The Hall–Kier alpha value is -1.65. The molecule has 0 spiro atoms. The van der Waals surface area contributed by atoms with E-state index in [2.05, 4.69) is 16.9 Å². The summed E-state index contributed by atoms with van der Waals surface area (Å²) >= 11 is 0. The van der Waals surface area contributed by atoms with Crippen LogP contribution in [0.1, 0.15) is 39.8 Å². The summed E-state index contributed by atoms with van der Waals surface area (Å²) in [5, 5.41) is 9.00. The van der Waals surface area contributed by atoms with Gasteiger partial charge in [-0.1, -0.05) is 13.3 Å². The van der Waals surface area contributed by atoms with Gasteiger partial charge in [0.15, 0.2) is 0 Å². The van der Waals surface area contributed by atoms with E-state index in [9.17, 15) is 4.79 Å². The number of hydrogen-bond donors (Lipinski definition) is 1. The van der Waals surface area contributed by atoms with Crippen molar-refractivity contribution >= 4 is 11.8 Å². The van der Waals surface area contributed by atoms with Crippen LogP contribution in [-0.2, 0) is 11.2 Å². The van der Waals surface area contributed by atoms with Crippen molar-refractivity contribution in [3.05, 3.63) is 18.1 Å². The van der Waals surface area contributed by atoms with Crippen molar-refractivity contribution in [3.8, 4) is 0 Å². The quantitative estimate of drug-likeness (QED) is 0.868. The van der Waals surface area contributed by atoms with Crippen molar-refractivity contribution in [2.45, 2.75) is 46.1 Å². The van der Waals surface area contributed by atoms with E-state index in [4.69, 9.17) is 5.11 Å². The van der Waals surface area contributed by atoms with Gasteiger partial charge in [0, 0.05) is 17.3 Å². The highest BCUT2D eigenvalue weighted by Gasteiger charge is 2.25. The number of hydrogen-bond acceptors (Lipinski definition) is 4. The summed E-state index contributed by atoms with van der Waals surface area (Å²) < 4.78 is 0. The van der Waals surface area contributed by atoms with Gasteiger partial charge in [0.2, 0.25) is 0 Å². The molecule has 0 atom stereocenters. The van der Waals surface area contributed by atoms with E-state index in [0.717, 1.165) is 18.5 Å². The van der Waals surface area contributed by atoms with Gasteiger partial charge >= 0.3 is 5.97 Å². The molecule has 0 fully saturated rings. The van der Waals surface area contributed by atoms with Crippen molar-refractivity contribution < 1.29 is 9.90 Å². The summed E-state index contributed by atoms with van der Waals surface area (Å²) in [7, 11) is 0. The Labute approximate surface area is 108 Å². The van der Waals surface area contributed by atoms with Gasteiger partial charge in [-0.25, -0.2) is 9.97 Å². The largest absolute Gasteiger partial charge is 0.480 e. The molecule has 0 amide bonds. The average molecular weight is 251 g/mol. The first-order valence-electron chi connectivity index (χ1n) is 6.15. The summed E-state index contributed by atoms with van der Waals surface area (Å²) in [5.41, 5.74) is 0.651. The van der Waals surface area contributed by atoms with Crippen LogP contribution in [0.25, 0.3) is 0 Å². The second kappa shape index (κ2) is 5.80. The first-order chi connectivity index (χ1) is 8.34. The smallest absolute Gasteiger partial charge is 0.323 e. The van der Waals surface area contributed by atoms with Gasteiger partial charge in [-0.3, -0.25) is 4.79 Å². The van der Waals surface area contributed by atoms with Gasteiger partial charge in [0.1, 0.15) is 18.7 Å². The van der Waals surface area contributed by atoms with E-state index >= 15 is 0 Å². The zero-order chi connectivity index (χ0) is 13.8. The number of carbonyl (C=O) groups is 1. The molecule has 1 aromatic rings.